The van der Waals surface area contributed by atoms with Gasteiger partial charge in [-0.05, 0) is 49.1 Å². The number of thioether (sulfide) groups is 1. The first kappa shape index (κ1) is 20.3. The van der Waals surface area contributed by atoms with Gasteiger partial charge >= 0.3 is 0 Å². The van der Waals surface area contributed by atoms with Crippen LogP contribution in [0.3, 0.4) is 0 Å². The average molecular weight is 404 g/mol. The Labute approximate surface area is 174 Å². The van der Waals surface area contributed by atoms with Gasteiger partial charge in [-0.3, -0.25) is 5.10 Å². The highest BCUT2D eigenvalue weighted by molar-refractivity contribution is 7.98. The lowest BCUT2D eigenvalue weighted by molar-refractivity contribution is 0.317. The fourth-order valence-electron chi connectivity index (χ4n) is 2.81. The minimum Gasteiger partial charge on any atom is -0.493 e. The smallest absolute Gasteiger partial charge is 0.171 e. The Hall–Kier alpha value is -3.42. The van der Waals surface area contributed by atoms with E-state index in [1.54, 1.807) is 23.9 Å². The molecular weight excluding hydrogens is 384 g/mol. The fourth-order valence-corrected chi connectivity index (χ4v) is 3.26. The first-order chi connectivity index (χ1) is 14.2. The van der Waals surface area contributed by atoms with Crippen LogP contribution in [0.5, 0.6) is 17.2 Å². The monoisotopic (exact) mass is 404 g/mol. The van der Waals surface area contributed by atoms with Gasteiger partial charge in [-0.15, -0.1) is 11.8 Å². The normalized spacial score (nSPS) is 10.2. The van der Waals surface area contributed by atoms with Gasteiger partial charge in [0.15, 0.2) is 5.75 Å². The van der Waals surface area contributed by atoms with Gasteiger partial charge in [0, 0.05) is 11.3 Å². The van der Waals surface area contributed by atoms with Gasteiger partial charge in [0.2, 0.25) is 0 Å². The number of benzene rings is 2. The number of nitrogens with zero attached hydrogens (tertiary/aromatic N) is 3. The van der Waals surface area contributed by atoms with E-state index in [2.05, 4.69) is 22.3 Å². The summed E-state index contributed by atoms with van der Waals surface area (Å²) in [4.78, 5) is 1.15. The number of H-pyrrole nitrogens is 1. The number of aromatic nitrogens is 2. The Morgan fingerprint density at radius 3 is 2.48 bits per heavy atom. The molecule has 6 nitrogen and oxygen atoms in total. The molecule has 3 aromatic rings. The molecule has 1 aromatic heterocycles. The lowest BCUT2D eigenvalue weighted by Gasteiger charge is -2.10. The second-order valence-electron chi connectivity index (χ2n) is 6.18. The van der Waals surface area contributed by atoms with Crippen molar-refractivity contribution < 1.29 is 9.47 Å². The Bertz CT molecular complexity index is 1050. The van der Waals surface area contributed by atoms with E-state index >= 15 is 0 Å². The van der Waals surface area contributed by atoms with Crippen molar-refractivity contribution in [2.75, 3.05) is 12.9 Å². The predicted octanol–water partition coefficient (Wildman–Crippen LogP) is 4.85. The van der Waals surface area contributed by atoms with Crippen molar-refractivity contribution in [3.8, 4) is 29.4 Å². The highest BCUT2D eigenvalue weighted by Crippen LogP contribution is 2.30. The van der Waals surface area contributed by atoms with E-state index in [0.29, 0.717) is 42.1 Å². The third kappa shape index (κ3) is 5.10. The maximum Gasteiger partial charge on any atom is 0.171 e. The summed E-state index contributed by atoms with van der Waals surface area (Å²) in [5.41, 5.74) is 2.34. The third-order valence-electron chi connectivity index (χ3n) is 4.24. The van der Waals surface area contributed by atoms with Crippen molar-refractivity contribution in [3.63, 3.8) is 0 Å². The summed E-state index contributed by atoms with van der Waals surface area (Å²) in [7, 11) is 0. The largest absolute Gasteiger partial charge is 0.493 e. The van der Waals surface area contributed by atoms with Gasteiger partial charge in [0.1, 0.15) is 17.2 Å². The summed E-state index contributed by atoms with van der Waals surface area (Å²) in [6.45, 7) is 2.45. The molecule has 0 spiro atoms. The Morgan fingerprint density at radius 1 is 1.07 bits per heavy atom. The van der Waals surface area contributed by atoms with Crippen molar-refractivity contribution >= 4 is 11.8 Å². The second-order valence-corrected chi connectivity index (χ2v) is 7.06. The number of ether oxygens (including phenoxy) is 2. The molecule has 146 valence electrons. The molecule has 0 radical (unpaired) electrons. The predicted molar refractivity (Wildman–Crippen MR) is 111 cm³/mol. The van der Waals surface area contributed by atoms with Gasteiger partial charge in [0.05, 0.1) is 35.6 Å². The number of hydrogen-bond acceptors (Lipinski definition) is 6. The number of nitrogens with one attached hydrogen (secondary N) is 1. The SMILES string of the molecule is CCc1n[nH]c(CCOc2cccc(SC)c2)c1Oc1cc(C#N)cc(C#N)c1. The molecular formula is C22H20N4O2S. The van der Waals surface area contributed by atoms with Crippen molar-refractivity contribution in [1.29, 1.82) is 10.5 Å². The van der Waals surface area contributed by atoms with Crippen molar-refractivity contribution in [1.82, 2.24) is 10.2 Å². The lowest BCUT2D eigenvalue weighted by atomic mass is 10.1. The standard InChI is InChI=1S/C22H20N4O2S/c1-3-20-22(28-18-10-15(13-23)9-16(11-18)14-24)21(26-25-20)7-8-27-17-5-4-6-19(12-17)29-2/h4-6,9-12H,3,7-8H2,1-2H3,(H,25,26). The molecule has 0 aliphatic rings. The van der Waals surface area contributed by atoms with Crippen LogP contribution in [0.25, 0.3) is 0 Å². The summed E-state index contributed by atoms with van der Waals surface area (Å²) >= 11 is 1.67. The highest BCUT2D eigenvalue weighted by Gasteiger charge is 2.15. The molecule has 0 amide bonds. The average Bonchev–Trinajstić information content (AvgIpc) is 3.14. The Morgan fingerprint density at radius 2 is 1.83 bits per heavy atom. The molecule has 0 atom stereocenters. The van der Waals surface area contributed by atoms with Crippen molar-refractivity contribution in [2.45, 2.75) is 24.7 Å². The van der Waals surface area contributed by atoms with Crippen LogP contribution < -0.4 is 9.47 Å². The molecule has 1 N–H and O–H groups in total. The van der Waals surface area contributed by atoms with Crippen LogP contribution in [-0.4, -0.2) is 23.1 Å². The molecule has 1 heterocycles. The van der Waals surface area contributed by atoms with E-state index in [-0.39, 0.29) is 0 Å². The Balaban J connectivity index is 1.76. The van der Waals surface area contributed by atoms with Crippen LogP contribution in [0.15, 0.2) is 47.4 Å². The molecule has 7 heteroatoms. The van der Waals surface area contributed by atoms with Crippen LogP contribution in [-0.2, 0) is 12.8 Å². The topological polar surface area (TPSA) is 94.7 Å². The molecule has 2 aromatic carbocycles. The third-order valence-corrected chi connectivity index (χ3v) is 4.97. The van der Waals surface area contributed by atoms with E-state index in [0.717, 1.165) is 22.0 Å². The van der Waals surface area contributed by atoms with Crippen molar-refractivity contribution in [3.05, 3.63) is 65.0 Å². The van der Waals surface area contributed by atoms with Crippen LogP contribution in [0.4, 0.5) is 0 Å². The summed E-state index contributed by atoms with van der Waals surface area (Å²) in [5.74, 6) is 1.87. The minimum atomic E-state index is 0.374. The van der Waals surface area contributed by atoms with E-state index in [4.69, 9.17) is 9.47 Å². The van der Waals surface area contributed by atoms with Crippen LogP contribution in [0, 0.1) is 22.7 Å². The molecule has 0 aliphatic heterocycles. The highest BCUT2D eigenvalue weighted by atomic mass is 32.2. The molecule has 0 saturated carbocycles. The Kier molecular flexibility index (Phi) is 6.78. The lowest BCUT2D eigenvalue weighted by Crippen LogP contribution is -2.03. The molecule has 0 fully saturated rings. The summed E-state index contributed by atoms with van der Waals surface area (Å²) in [5, 5.41) is 25.7. The molecule has 0 saturated heterocycles. The van der Waals surface area contributed by atoms with E-state index in [1.165, 1.54) is 6.07 Å². The number of aromatic amines is 1. The fraction of sp³-hybridized carbons (Fsp3) is 0.227. The van der Waals surface area contributed by atoms with Gasteiger partial charge in [-0.2, -0.15) is 15.6 Å². The maximum atomic E-state index is 9.17. The zero-order valence-electron chi connectivity index (χ0n) is 16.2. The van der Waals surface area contributed by atoms with Crippen LogP contribution in [0.2, 0.25) is 0 Å². The zero-order chi connectivity index (χ0) is 20.6. The molecule has 3 rings (SSSR count). The van der Waals surface area contributed by atoms with Gasteiger partial charge in [0.25, 0.3) is 0 Å². The molecule has 29 heavy (non-hydrogen) atoms. The number of hydrogen-bond donors (Lipinski definition) is 1. The molecule has 0 unspecified atom stereocenters. The minimum absolute atomic E-state index is 0.374. The zero-order valence-corrected chi connectivity index (χ0v) is 17.0. The quantitative estimate of drug-likeness (QED) is 0.539. The summed E-state index contributed by atoms with van der Waals surface area (Å²) < 4.78 is 11.9. The van der Waals surface area contributed by atoms with E-state index in [1.807, 2.05) is 37.4 Å². The summed E-state index contributed by atoms with van der Waals surface area (Å²) in [6.07, 6.45) is 3.29. The first-order valence-corrected chi connectivity index (χ1v) is 10.4. The van der Waals surface area contributed by atoms with Gasteiger partial charge in [-0.1, -0.05) is 13.0 Å². The maximum absolute atomic E-state index is 9.17. The van der Waals surface area contributed by atoms with Gasteiger partial charge in [-0.25, -0.2) is 0 Å². The first-order valence-electron chi connectivity index (χ1n) is 9.13. The second kappa shape index (κ2) is 9.68. The van der Waals surface area contributed by atoms with E-state index in [9.17, 15) is 10.5 Å². The molecule has 0 bridgehead atoms. The van der Waals surface area contributed by atoms with Crippen LogP contribution >= 0.6 is 11.8 Å². The van der Waals surface area contributed by atoms with Gasteiger partial charge < -0.3 is 9.47 Å². The molecule has 0 aliphatic carbocycles. The van der Waals surface area contributed by atoms with E-state index < -0.39 is 0 Å². The van der Waals surface area contributed by atoms with Crippen LogP contribution in [0.1, 0.15) is 29.4 Å². The summed E-state index contributed by atoms with van der Waals surface area (Å²) in [6, 6.07) is 16.8. The number of rotatable bonds is 8. The van der Waals surface area contributed by atoms with Crippen molar-refractivity contribution in [2.24, 2.45) is 0 Å². The number of nitriles is 2. The number of aryl methyl sites for hydroxylation is 1.